The van der Waals surface area contributed by atoms with E-state index in [0.29, 0.717) is 18.2 Å². The van der Waals surface area contributed by atoms with Crippen LogP contribution in [0, 0.1) is 6.92 Å². The van der Waals surface area contributed by atoms with Crippen molar-refractivity contribution >= 4 is 11.9 Å². The highest BCUT2D eigenvalue weighted by atomic mass is 16.2. The maximum Gasteiger partial charge on any atom is 0.273 e. The summed E-state index contributed by atoms with van der Waals surface area (Å²) in [6.07, 6.45) is 8.36. The first-order valence-electron chi connectivity index (χ1n) is 10.7. The number of nitrogens with zero attached hydrogens (tertiary/aromatic N) is 3. The van der Waals surface area contributed by atoms with Crippen molar-refractivity contribution in [3.63, 3.8) is 0 Å². The lowest BCUT2D eigenvalue weighted by atomic mass is 9.97. The number of hydrogen-bond acceptors (Lipinski definition) is 4. The van der Waals surface area contributed by atoms with Gasteiger partial charge in [0.2, 0.25) is 5.95 Å². The van der Waals surface area contributed by atoms with Gasteiger partial charge in [-0.1, -0.05) is 42.0 Å². The van der Waals surface area contributed by atoms with Crippen LogP contribution >= 0.6 is 0 Å². The van der Waals surface area contributed by atoms with Crippen LogP contribution in [0.2, 0.25) is 0 Å². The fourth-order valence-corrected chi connectivity index (χ4v) is 3.64. The van der Waals surface area contributed by atoms with Crippen molar-refractivity contribution in [1.82, 2.24) is 14.9 Å². The summed E-state index contributed by atoms with van der Waals surface area (Å²) < 4.78 is 0. The van der Waals surface area contributed by atoms with E-state index in [1.807, 2.05) is 56.0 Å². The van der Waals surface area contributed by atoms with Crippen molar-refractivity contribution in [1.29, 1.82) is 0 Å². The average molecular weight is 393 g/mol. The maximum absolute atomic E-state index is 13.2. The molecule has 5 nitrogen and oxygen atoms in total. The van der Waals surface area contributed by atoms with Gasteiger partial charge in [0.1, 0.15) is 5.69 Å². The molecule has 1 aromatic heterocycles. The molecular weight excluding hydrogens is 360 g/mol. The number of nitrogens with one attached hydrogen (secondary N) is 1. The summed E-state index contributed by atoms with van der Waals surface area (Å²) in [7, 11) is 0. The van der Waals surface area contributed by atoms with Gasteiger partial charge in [-0.2, -0.15) is 0 Å². The second-order valence-electron chi connectivity index (χ2n) is 8.02. The van der Waals surface area contributed by atoms with Crippen LogP contribution in [0.15, 0.2) is 48.0 Å². The molecule has 0 radical (unpaired) electrons. The summed E-state index contributed by atoms with van der Waals surface area (Å²) in [5, 5.41) is 3.31. The molecule has 154 valence electrons. The molecule has 0 fully saturated rings. The van der Waals surface area contributed by atoms with Crippen LogP contribution in [0.25, 0.3) is 0 Å². The molecule has 29 heavy (non-hydrogen) atoms. The number of aromatic nitrogens is 2. The van der Waals surface area contributed by atoms with E-state index in [1.54, 1.807) is 6.07 Å². The van der Waals surface area contributed by atoms with Crippen LogP contribution in [-0.2, 0) is 6.54 Å². The van der Waals surface area contributed by atoms with Gasteiger partial charge < -0.3 is 10.2 Å². The molecular formula is C24H32N4O. The van der Waals surface area contributed by atoms with E-state index in [-0.39, 0.29) is 11.9 Å². The van der Waals surface area contributed by atoms with Gasteiger partial charge in [-0.05, 0) is 64.5 Å². The van der Waals surface area contributed by atoms with E-state index >= 15 is 0 Å². The Balaban J connectivity index is 1.69. The van der Waals surface area contributed by atoms with Gasteiger partial charge in [-0.15, -0.1) is 0 Å². The third kappa shape index (κ3) is 6.14. The number of benzene rings is 1. The zero-order valence-corrected chi connectivity index (χ0v) is 17.8. The topological polar surface area (TPSA) is 58.1 Å². The normalized spacial score (nSPS) is 13.9. The molecule has 3 rings (SSSR count). The molecule has 0 spiro atoms. The predicted octanol–water partition coefficient (Wildman–Crippen LogP) is 5.14. The second-order valence-corrected chi connectivity index (χ2v) is 8.02. The summed E-state index contributed by atoms with van der Waals surface area (Å²) in [6.45, 7) is 7.33. The molecule has 1 aromatic carbocycles. The van der Waals surface area contributed by atoms with E-state index < -0.39 is 0 Å². The number of carbonyl (C=O) groups is 1. The number of aryl methyl sites for hydroxylation is 1. The summed E-state index contributed by atoms with van der Waals surface area (Å²) in [6, 6.07) is 11.9. The number of amides is 1. The quantitative estimate of drug-likeness (QED) is 0.632. The van der Waals surface area contributed by atoms with Gasteiger partial charge in [-0.3, -0.25) is 4.79 Å². The Labute approximate surface area is 174 Å². The monoisotopic (exact) mass is 392 g/mol. The van der Waals surface area contributed by atoms with E-state index in [9.17, 15) is 4.79 Å². The molecule has 0 saturated carbocycles. The summed E-state index contributed by atoms with van der Waals surface area (Å²) in [5.41, 5.74) is 3.87. The summed E-state index contributed by atoms with van der Waals surface area (Å²) in [4.78, 5) is 24.1. The zero-order chi connectivity index (χ0) is 20.6. The minimum Gasteiger partial charge on any atom is -0.354 e. The molecule has 0 unspecified atom stereocenters. The second kappa shape index (κ2) is 10.2. The van der Waals surface area contributed by atoms with Crippen molar-refractivity contribution in [2.45, 2.75) is 65.5 Å². The van der Waals surface area contributed by atoms with Gasteiger partial charge in [-0.25, -0.2) is 9.97 Å². The largest absolute Gasteiger partial charge is 0.354 e. The first kappa shape index (κ1) is 21.0. The Bertz CT molecular complexity index is 845. The Morgan fingerprint density at radius 1 is 1.17 bits per heavy atom. The predicted molar refractivity (Wildman–Crippen MR) is 118 cm³/mol. The highest BCUT2D eigenvalue weighted by Crippen LogP contribution is 2.20. The lowest BCUT2D eigenvalue weighted by Gasteiger charge is -2.27. The molecule has 1 aliphatic rings. The standard InChI is InChI=1S/C24H32N4O/c1-18(2)28(17-21-12-8-5-9-13-21)23(29)22-16-19(3)26-24(27-22)25-15-14-20-10-6-4-7-11-20/h5,8-10,12-13,16,18H,4,6-7,11,14-15,17H2,1-3H3,(H,25,26,27). The molecule has 1 aliphatic carbocycles. The van der Waals surface area contributed by atoms with Crippen LogP contribution in [0.5, 0.6) is 0 Å². The molecule has 1 heterocycles. The van der Waals surface area contributed by atoms with Crippen LogP contribution < -0.4 is 5.32 Å². The van der Waals surface area contributed by atoms with Crippen molar-refractivity contribution in [2.24, 2.45) is 0 Å². The SMILES string of the molecule is Cc1cc(C(=O)N(Cc2ccccc2)C(C)C)nc(NCCC2=CCCCC2)n1. The smallest absolute Gasteiger partial charge is 0.273 e. The fraction of sp³-hybridized carbons (Fsp3) is 0.458. The van der Waals surface area contributed by atoms with Crippen molar-refractivity contribution in [3.05, 3.63) is 65.0 Å². The van der Waals surface area contributed by atoms with Gasteiger partial charge in [0.15, 0.2) is 0 Å². The number of allylic oxidation sites excluding steroid dienone is 1. The number of carbonyl (C=O) groups excluding carboxylic acids is 1. The minimum atomic E-state index is -0.0626. The molecule has 5 heteroatoms. The van der Waals surface area contributed by atoms with E-state index in [1.165, 1.54) is 31.3 Å². The lowest BCUT2D eigenvalue weighted by Crippen LogP contribution is -2.37. The number of anilines is 1. The first-order chi connectivity index (χ1) is 14.0. The molecule has 0 saturated heterocycles. The number of hydrogen-bond donors (Lipinski definition) is 1. The van der Waals surface area contributed by atoms with Crippen LogP contribution in [0.3, 0.4) is 0 Å². The van der Waals surface area contributed by atoms with Crippen LogP contribution in [0.1, 0.15) is 67.7 Å². The Morgan fingerprint density at radius 3 is 2.66 bits per heavy atom. The van der Waals surface area contributed by atoms with Crippen LogP contribution in [-0.4, -0.2) is 33.4 Å². The van der Waals surface area contributed by atoms with Gasteiger partial charge >= 0.3 is 0 Å². The average Bonchev–Trinajstić information content (AvgIpc) is 2.72. The van der Waals surface area contributed by atoms with Gasteiger partial charge in [0.05, 0.1) is 0 Å². The highest BCUT2D eigenvalue weighted by molar-refractivity contribution is 5.92. The fourth-order valence-electron chi connectivity index (χ4n) is 3.64. The molecule has 1 N–H and O–H groups in total. The Hall–Kier alpha value is -2.69. The summed E-state index contributed by atoms with van der Waals surface area (Å²) in [5.74, 6) is 0.473. The van der Waals surface area contributed by atoms with Crippen molar-refractivity contribution < 1.29 is 4.79 Å². The third-order valence-electron chi connectivity index (χ3n) is 5.27. The maximum atomic E-state index is 13.2. The molecule has 0 aliphatic heterocycles. The first-order valence-corrected chi connectivity index (χ1v) is 10.7. The third-order valence-corrected chi connectivity index (χ3v) is 5.27. The molecule has 2 aromatic rings. The Kier molecular flexibility index (Phi) is 7.39. The number of rotatable bonds is 8. The zero-order valence-electron chi connectivity index (χ0n) is 17.8. The van der Waals surface area contributed by atoms with Crippen LogP contribution in [0.4, 0.5) is 5.95 Å². The molecule has 0 bridgehead atoms. The molecule has 1 amide bonds. The van der Waals surface area contributed by atoms with Gasteiger partial charge in [0.25, 0.3) is 5.91 Å². The van der Waals surface area contributed by atoms with Crippen molar-refractivity contribution in [3.8, 4) is 0 Å². The Morgan fingerprint density at radius 2 is 1.97 bits per heavy atom. The van der Waals surface area contributed by atoms with Crippen molar-refractivity contribution in [2.75, 3.05) is 11.9 Å². The molecule has 0 atom stereocenters. The van der Waals surface area contributed by atoms with Gasteiger partial charge in [0, 0.05) is 24.8 Å². The summed E-state index contributed by atoms with van der Waals surface area (Å²) >= 11 is 0. The van der Waals surface area contributed by atoms with E-state index in [2.05, 4.69) is 21.4 Å². The lowest BCUT2D eigenvalue weighted by molar-refractivity contribution is 0.0684. The van der Waals surface area contributed by atoms with E-state index in [4.69, 9.17) is 0 Å². The van der Waals surface area contributed by atoms with E-state index in [0.717, 1.165) is 24.2 Å². The minimum absolute atomic E-state index is 0.0626. The highest BCUT2D eigenvalue weighted by Gasteiger charge is 2.21.